The van der Waals surface area contributed by atoms with Crippen LogP contribution in [0.15, 0.2) is 12.7 Å². The predicted octanol–water partition coefficient (Wildman–Crippen LogP) is 4.65. The van der Waals surface area contributed by atoms with Crippen molar-refractivity contribution in [3.8, 4) is 0 Å². The van der Waals surface area contributed by atoms with Crippen molar-refractivity contribution in [1.29, 1.82) is 0 Å². The maximum absolute atomic E-state index is 14.7. The zero-order valence-electron chi connectivity index (χ0n) is 30.9. The summed E-state index contributed by atoms with van der Waals surface area (Å²) >= 11 is 0. The van der Waals surface area contributed by atoms with Crippen LogP contribution in [-0.4, -0.2) is 90.4 Å². The minimum Gasteiger partial charge on any atom is -0.334 e. The van der Waals surface area contributed by atoms with Crippen LogP contribution in [-0.2, 0) is 29.2 Å². The number of carbonyl (C=O) groups is 5. The predicted molar refractivity (Wildman–Crippen MR) is 191 cm³/mol. The molecular formula is C38H60N4O7S. The topological polar surface area (TPSA) is 150 Å². The molecule has 2 aliphatic heterocycles. The number of hydrogen-bond acceptors (Lipinski definition) is 7. The first kappa shape index (κ1) is 38.6. The van der Waals surface area contributed by atoms with Crippen molar-refractivity contribution >= 4 is 39.3 Å². The monoisotopic (exact) mass is 716 g/mol. The van der Waals surface area contributed by atoms with Gasteiger partial charge in [-0.05, 0) is 66.6 Å². The molecule has 6 atom stereocenters. The molecule has 0 aromatic carbocycles. The van der Waals surface area contributed by atoms with E-state index in [1.807, 2.05) is 20.8 Å². The number of ketones is 3. The number of hydrogen-bond donors (Lipinski definition) is 2. The number of sulfonamides is 1. The molecule has 0 aromatic heterocycles. The highest BCUT2D eigenvalue weighted by atomic mass is 32.2. The van der Waals surface area contributed by atoms with Gasteiger partial charge >= 0.3 is 6.03 Å². The fourth-order valence-corrected chi connectivity index (χ4v) is 10.4. The molecule has 2 N–H and O–H groups in total. The quantitative estimate of drug-likeness (QED) is 0.175. The normalized spacial score (nSPS) is 27.9. The number of fused-ring (bicyclic) bond motifs is 1. The van der Waals surface area contributed by atoms with Crippen LogP contribution >= 0.6 is 0 Å². The molecule has 0 radical (unpaired) electrons. The Balaban J connectivity index is 1.34. The number of urea groups is 1. The lowest BCUT2D eigenvalue weighted by Gasteiger charge is -2.38. The lowest BCUT2D eigenvalue weighted by Crippen LogP contribution is -2.60. The van der Waals surface area contributed by atoms with Gasteiger partial charge in [-0.3, -0.25) is 19.2 Å². The number of amides is 3. The Kier molecular flexibility index (Phi) is 11.7. The number of rotatable bonds is 16. The molecule has 5 fully saturated rings. The highest BCUT2D eigenvalue weighted by molar-refractivity contribution is 7.89. The lowest BCUT2D eigenvalue weighted by molar-refractivity contribution is -0.144. The Morgan fingerprint density at radius 1 is 0.980 bits per heavy atom. The zero-order chi connectivity index (χ0) is 36.6. The Morgan fingerprint density at radius 2 is 1.66 bits per heavy atom. The summed E-state index contributed by atoms with van der Waals surface area (Å²) in [7, 11) is -3.37. The maximum Gasteiger partial charge on any atom is 0.315 e. The van der Waals surface area contributed by atoms with Crippen molar-refractivity contribution in [2.75, 3.05) is 25.4 Å². The van der Waals surface area contributed by atoms with Crippen LogP contribution in [0.25, 0.3) is 0 Å². The molecule has 3 amide bonds. The third-order valence-corrected chi connectivity index (χ3v) is 14.3. The largest absolute Gasteiger partial charge is 0.334 e. The van der Waals surface area contributed by atoms with Gasteiger partial charge in [0.2, 0.25) is 21.7 Å². The summed E-state index contributed by atoms with van der Waals surface area (Å²) in [5.41, 5.74) is -0.589. The lowest BCUT2D eigenvalue weighted by atomic mass is 9.82. The van der Waals surface area contributed by atoms with Crippen LogP contribution in [0.4, 0.5) is 4.79 Å². The SMILES string of the molecule is C=CCCC(=O)C(=O)C(CC(=O)[C@@H]1[C@@H]2[C@H](CN1C(=O)[C@@H](NC(=O)N[C@H](CN1CCCS1(=O)=O)C(C)(C)C)C1CCCCC1)C2(C)C)CC1CC1. The van der Waals surface area contributed by atoms with E-state index >= 15 is 0 Å². The van der Waals surface area contributed by atoms with Crippen molar-refractivity contribution in [3.05, 3.63) is 12.7 Å². The average Bonchev–Trinajstić information content (AvgIpc) is 3.85. The fraction of sp³-hybridized carbons (Fsp3) is 0.816. The second-order valence-electron chi connectivity index (χ2n) is 17.5. The van der Waals surface area contributed by atoms with Crippen LogP contribution in [0, 0.1) is 40.4 Å². The van der Waals surface area contributed by atoms with Gasteiger partial charge in [0, 0.05) is 44.4 Å². The van der Waals surface area contributed by atoms with Crippen molar-refractivity contribution in [2.45, 2.75) is 130 Å². The molecule has 12 heteroatoms. The number of nitrogens with zero attached hydrogens (tertiary/aromatic N) is 2. The molecule has 280 valence electrons. The summed E-state index contributed by atoms with van der Waals surface area (Å²) in [6.45, 7) is 14.7. The van der Waals surface area contributed by atoms with E-state index in [9.17, 15) is 32.4 Å². The number of likely N-dealkylation sites (tertiary alicyclic amines) is 1. The summed E-state index contributed by atoms with van der Waals surface area (Å²) in [4.78, 5) is 70.5. The van der Waals surface area contributed by atoms with Gasteiger partial charge in [-0.15, -0.1) is 6.58 Å². The molecule has 3 saturated carbocycles. The van der Waals surface area contributed by atoms with E-state index in [1.54, 1.807) is 11.0 Å². The van der Waals surface area contributed by atoms with Crippen molar-refractivity contribution in [2.24, 2.45) is 40.4 Å². The van der Waals surface area contributed by atoms with E-state index in [-0.39, 0.29) is 60.0 Å². The third-order valence-electron chi connectivity index (χ3n) is 12.4. The standard InChI is InChI=1S/C38H60N4O7S/c1-7-8-15-28(43)34(45)26(20-24-16-17-24)21-29(44)33-31-27(38(31,5)6)22-42(33)35(46)32(25-13-10-9-11-14-25)40-36(47)39-30(37(2,3)4)23-41-18-12-19-50(41,48)49/h7,24-27,30-33H,1,8-23H2,2-6H3,(H2,39,40,47)/t26?,27-,30+,31-,32-,33+/m0/s1. The molecule has 1 unspecified atom stereocenters. The van der Waals surface area contributed by atoms with E-state index in [2.05, 4.69) is 31.1 Å². The molecule has 0 spiro atoms. The van der Waals surface area contributed by atoms with Gasteiger partial charge in [-0.1, -0.05) is 72.8 Å². The summed E-state index contributed by atoms with van der Waals surface area (Å²) in [6, 6.07) is -2.57. The maximum atomic E-state index is 14.7. The van der Waals surface area contributed by atoms with Gasteiger partial charge in [0.1, 0.15) is 6.04 Å². The number of piperidine rings is 1. The second-order valence-corrected chi connectivity index (χ2v) is 19.6. The number of Topliss-reactive ketones (excluding diaryl/α,β-unsaturated/α-hetero) is 3. The Hall–Kier alpha value is -2.60. The fourth-order valence-electron chi connectivity index (χ4n) is 8.87. The molecule has 2 saturated heterocycles. The minimum absolute atomic E-state index is 0.0411. The van der Waals surface area contributed by atoms with Crippen molar-refractivity contribution < 1.29 is 32.4 Å². The molecule has 11 nitrogen and oxygen atoms in total. The summed E-state index contributed by atoms with van der Waals surface area (Å²) in [5.74, 6) is -1.62. The second kappa shape index (κ2) is 15.2. The molecule has 5 rings (SSSR count). The molecule has 0 aromatic rings. The van der Waals surface area contributed by atoms with E-state index < -0.39 is 57.1 Å². The van der Waals surface area contributed by atoms with Gasteiger partial charge in [-0.25, -0.2) is 13.2 Å². The Morgan fingerprint density at radius 3 is 2.24 bits per heavy atom. The van der Waals surface area contributed by atoms with Crippen LogP contribution in [0.5, 0.6) is 0 Å². The highest BCUT2D eigenvalue weighted by Crippen LogP contribution is 2.65. The Labute approximate surface area is 299 Å². The van der Waals surface area contributed by atoms with Crippen LogP contribution < -0.4 is 10.6 Å². The van der Waals surface area contributed by atoms with Crippen molar-refractivity contribution in [3.63, 3.8) is 0 Å². The van der Waals surface area contributed by atoms with Crippen molar-refractivity contribution in [1.82, 2.24) is 19.8 Å². The van der Waals surface area contributed by atoms with Gasteiger partial charge in [0.15, 0.2) is 11.6 Å². The number of allylic oxidation sites excluding steroid dienone is 1. The van der Waals surface area contributed by atoms with Gasteiger partial charge in [0.25, 0.3) is 0 Å². The molecule has 50 heavy (non-hydrogen) atoms. The number of carbonyl (C=O) groups excluding carboxylic acids is 5. The molecule has 3 aliphatic carbocycles. The van der Waals surface area contributed by atoms with E-state index in [0.29, 0.717) is 38.3 Å². The average molecular weight is 717 g/mol. The summed E-state index contributed by atoms with van der Waals surface area (Å²) in [6.07, 6.45) is 9.62. The zero-order valence-corrected chi connectivity index (χ0v) is 31.7. The van der Waals surface area contributed by atoms with Gasteiger partial charge < -0.3 is 15.5 Å². The summed E-state index contributed by atoms with van der Waals surface area (Å²) in [5, 5.41) is 6.04. The molecule has 2 heterocycles. The van der Waals surface area contributed by atoms with E-state index in [4.69, 9.17) is 0 Å². The first-order valence-corrected chi connectivity index (χ1v) is 20.6. The first-order chi connectivity index (χ1) is 23.5. The highest BCUT2D eigenvalue weighted by Gasteiger charge is 2.69. The number of nitrogens with one attached hydrogen (secondary N) is 2. The van der Waals surface area contributed by atoms with E-state index in [0.717, 1.165) is 44.9 Å². The van der Waals surface area contributed by atoms with Gasteiger partial charge in [0.05, 0.1) is 11.8 Å². The summed E-state index contributed by atoms with van der Waals surface area (Å²) < 4.78 is 26.7. The Bertz CT molecular complexity index is 1440. The molecular weight excluding hydrogens is 657 g/mol. The first-order valence-electron chi connectivity index (χ1n) is 19.0. The van der Waals surface area contributed by atoms with Crippen LogP contribution in [0.1, 0.15) is 112 Å². The molecule has 5 aliphatic rings. The minimum atomic E-state index is -3.37. The third kappa shape index (κ3) is 8.70. The van der Waals surface area contributed by atoms with Crippen LogP contribution in [0.2, 0.25) is 0 Å². The smallest absolute Gasteiger partial charge is 0.315 e. The van der Waals surface area contributed by atoms with Crippen LogP contribution in [0.3, 0.4) is 0 Å². The molecule has 0 bridgehead atoms. The van der Waals surface area contributed by atoms with E-state index in [1.165, 1.54) is 4.31 Å². The van der Waals surface area contributed by atoms with Gasteiger partial charge in [-0.2, -0.15) is 4.31 Å².